The second-order valence-corrected chi connectivity index (χ2v) is 8.78. The Labute approximate surface area is 160 Å². The van der Waals surface area contributed by atoms with Crippen molar-refractivity contribution >= 4 is 29.1 Å². The number of amides is 1. The van der Waals surface area contributed by atoms with Crippen LogP contribution in [0, 0.1) is 11.8 Å². The summed E-state index contributed by atoms with van der Waals surface area (Å²) < 4.78 is 0. The molecule has 1 saturated carbocycles. The Morgan fingerprint density at radius 3 is 2.44 bits per heavy atom. The van der Waals surface area contributed by atoms with Gasteiger partial charge >= 0.3 is 0 Å². The van der Waals surface area contributed by atoms with Crippen molar-refractivity contribution in [3.8, 4) is 0 Å². The highest BCUT2D eigenvalue weighted by molar-refractivity contribution is 6.42. The van der Waals surface area contributed by atoms with Crippen molar-refractivity contribution in [1.29, 1.82) is 0 Å². The van der Waals surface area contributed by atoms with E-state index in [1.807, 2.05) is 18.2 Å². The molecule has 2 aliphatic heterocycles. The van der Waals surface area contributed by atoms with Crippen molar-refractivity contribution in [2.24, 2.45) is 11.8 Å². The first-order valence-electron chi connectivity index (χ1n) is 9.56. The molecule has 3 nitrogen and oxygen atoms in total. The van der Waals surface area contributed by atoms with Gasteiger partial charge in [-0.05, 0) is 68.8 Å². The molecule has 5 heteroatoms. The zero-order valence-corrected chi connectivity index (χ0v) is 16.1. The lowest BCUT2D eigenvalue weighted by Gasteiger charge is -2.33. The number of carbonyl (C=O) groups excluding carboxylic acids is 1. The molecule has 1 aromatic carbocycles. The Morgan fingerprint density at radius 2 is 1.76 bits per heavy atom. The maximum Gasteiger partial charge on any atom is 0.225 e. The Bertz CT molecular complexity index is 639. The number of nitrogens with zero attached hydrogens (tertiary/aromatic N) is 2. The predicted octanol–water partition coefficient (Wildman–Crippen LogP) is 4.43. The van der Waals surface area contributed by atoms with Crippen molar-refractivity contribution in [3.05, 3.63) is 33.8 Å². The molecular formula is C20H26Cl2N2O. The van der Waals surface area contributed by atoms with Gasteiger partial charge in [0, 0.05) is 31.5 Å². The summed E-state index contributed by atoms with van der Waals surface area (Å²) >= 11 is 12.2. The predicted molar refractivity (Wildman–Crippen MR) is 102 cm³/mol. The third kappa shape index (κ3) is 4.15. The van der Waals surface area contributed by atoms with Crippen LogP contribution in [0.15, 0.2) is 18.2 Å². The molecule has 2 heterocycles. The minimum absolute atomic E-state index is 0.225. The van der Waals surface area contributed by atoms with Crippen molar-refractivity contribution < 1.29 is 4.79 Å². The van der Waals surface area contributed by atoms with Crippen LogP contribution in [0.3, 0.4) is 0 Å². The largest absolute Gasteiger partial charge is 0.342 e. The van der Waals surface area contributed by atoms with E-state index in [0.29, 0.717) is 21.9 Å². The van der Waals surface area contributed by atoms with Gasteiger partial charge in [-0.15, -0.1) is 0 Å². The SMILES string of the molecule is O=C(C1CCN(CC2CC2)CC1)N1CCC(c2ccc(Cl)c(Cl)c2)C1. The highest BCUT2D eigenvalue weighted by Crippen LogP contribution is 2.34. The minimum atomic E-state index is 0.225. The topological polar surface area (TPSA) is 23.6 Å². The maximum absolute atomic E-state index is 12.9. The fourth-order valence-electron chi connectivity index (χ4n) is 4.29. The lowest BCUT2D eigenvalue weighted by Crippen LogP contribution is -2.42. The molecule has 0 spiro atoms. The molecule has 0 bridgehead atoms. The number of hydrogen-bond acceptors (Lipinski definition) is 2. The molecule has 25 heavy (non-hydrogen) atoms. The first-order valence-corrected chi connectivity index (χ1v) is 10.3. The quantitative estimate of drug-likeness (QED) is 0.770. The van der Waals surface area contributed by atoms with Crippen LogP contribution in [0.4, 0.5) is 0 Å². The van der Waals surface area contributed by atoms with E-state index in [0.717, 1.165) is 51.4 Å². The average molecular weight is 381 g/mol. The van der Waals surface area contributed by atoms with Gasteiger partial charge in [-0.25, -0.2) is 0 Å². The van der Waals surface area contributed by atoms with Crippen LogP contribution in [0.25, 0.3) is 0 Å². The molecule has 136 valence electrons. The summed E-state index contributed by atoms with van der Waals surface area (Å²) in [5.41, 5.74) is 1.20. The summed E-state index contributed by atoms with van der Waals surface area (Å²) in [6.45, 7) is 5.13. The van der Waals surface area contributed by atoms with E-state index in [9.17, 15) is 4.79 Å². The van der Waals surface area contributed by atoms with Crippen LogP contribution in [0.5, 0.6) is 0 Å². The summed E-state index contributed by atoms with van der Waals surface area (Å²) in [5.74, 6) is 1.92. The molecular weight excluding hydrogens is 355 g/mol. The zero-order valence-electron chi connectivity index (χ0n) is 14.6. The van der Waals surface area contributed by atoms with E-state index < -0.39 is 0 Å². The molecule has 1 aromatic rings. The molecule has 3 aliphatic rings. The number of rotatable bonds is 4. The second kappa shape index (κ2) is 7.46. The van der Waals surface area contributed by atoms with Crippen molar-refractivity contribution in [2.45, 2.75) is 38.0 Å². The van der Waals surface area contributed by atoms with Gasteiger partial charge < -0.3 is 9.80 Å². The summed E-state index contributed by atoms with van der Waals surface area (Å²) in [6, 6.07) is 5.86. The number of likely N-dealkylation sites (tertiary alicyclic amines) is 2. The molecule has 2 saturated heterocycles. The number of benzene rings is 1. The third-order valence-corrected chi connectivity index (χ3v) is 6.80. The molecule has 1 unspecified atom stereocenters. The van der Waals surface area contributed by atoms with Crippen molar-refractivity contribution in [3.63, 3.8) is 0 Å². The Balaban J connectivity index is 1.30. The Morgan fingerprint density at radius 1 is 1.00 bits per heavy atom. The van der Waals surface area contributed by atoms with Crippen molar-refractivity contribution in [2.75, 3.05) is 32.7 Å². The molecule has 0 radical (unpaired) electrons. The Hall–Kier alpha value is -0.770. The van der Waals surface area contributed by atoms with E-state index >= 15 is 0 Å². The van der Waals surface area contributed by atoms with Crippen LogP contribution < -0.4 is 0 Å². The molecule has 1 atom stereocenters. The molecule has 0 N–H and O–H groups in total. The summed E-state index contributed by atoms with van der Waals surface area (Å²) in [4.78, 5) is 17.5. The van der Waals surface area contributed by atoms with E-state index in [1.54, 1.807) is 0 Å². The van der Waals surface area contributed by atoms with Gasteiger partial charge in [0.05, 0.1) is 10.0 Å². The third-order valence-electron chi connectivity index (χ3n) is 6.07. The van der Waals surface area contributed by atoms with Gasteiger partial charge in [0.15, 0.2) is 0 Å². The Kier molecular flexibility index (Phi) is 5.26. The molecule has 4 rings (SSSR count). The number of halogens is 2. The van der Waals surface area contributed by atoms with Gasteiger partial charge in [0.2, 0.25) is 5.91 Å². The standard InChI is InChI=1S/C20H26Cl2N2O/c21-18-4-3-16(11-19(18)22)17-7-10-24(13-17)20(25)15-5-8-23(9-6-15)12-14-1-2-14/h3-4,11,14-15,17H,1-2,5-10,12-13H2. The van der Waals surface area contributed by atoms with Gasteiger partial charge in [0.1, 0.15) is 0 Å². The van der Waals surface area contributed by atoms with E-state index in [2.05, 4.69) is 9.80 Å². The molecule has 1 amide bonds. The monoisotopic (exact) mass is 380 g/mol. The second-order valence-electron chi connectivity index (χ2n) is 7.96. The lowest BCUT2D eigenvalue weighted by molar-refractivity contribution is -0.136. The van der Waals surface area contributed by atoms with Crippen LogP contribution >= 0.6 is 23.2 Å². The van der Waals surface area contributed by atoms with Crippen LogP contribution in [-0.4, -0.2) is 48.4 Å². The number of hydrogen-bond donors (Lipinski definition) is 0. The molecule has 0 aromatic heterocycles. The van der Waals surface area contributed by atoms with E-state index in [1.165, 1.54) is 24.9 Å². The van der Waals surface area contributed by atoms with Gasteiger partial charge in [-0.2, -0.15) is 0 Å². The van der Waals surface area contributed by atoms with Gasteiger partial charge in [0.25, 0.3) is 0 Å². The van der Waals surface area contributed by atoms with Gasteiger partial charge in [-0.1, -0.05) is 29.3 Å². The van der Waals surface area contributed by atoms with Crippen LogP contribution in [-0.2, 0) is 4.79 Å². The number of piperidine rings is 1. The normalized spacial score (nSPS) is 25.5. The van der Waals surface area contributed by atoms with Crippen LogP contribution in [0.1, 0.15) is 43.6 Å². The van der Waals surface area contributed by atoms with Crippen molar-refractivity contribution in [1.82, 2.24) is 9.80 Å². The first kappa shape index (κ1) is 17.6. The fourth-order valence-corrected chi connectivity index (χ4v) is 4.59. The first-order chi connectivity index (χ1) is 12.1. The maximum atomic E-state index is 12.9. The highest BCUT2D eigenvalue weighted by atomic mass is 35.5. The fraction of sp³-hybridized carbons (Fsp3) is 0.650. The summed E-state index contributed by atoms with van der Waals surface area (Å²) in [5, 5.41) is 1.20. The lowest BCUT2D eigenvalue weighted by atomic mass is 9.95. The van der Waals surface area contributed by atoms with Crippen LogP contribution in [0.2, 0.25) is 10.0 Å². The summed E-state index contributed by atoms with van der Waals surface area (Å²) in [6.07, 6.45) is 5.88. The zero-order chi connectivity index (χ0) is 17.4. The minimum Gasteiger partial charge on any atom is -0.342 e. The highest BCUT2D eigenvalue weighted by Gasteiger charge is 2.34. The van der Waals surface area contributed by atoms with E-state index in [4.69, 9.17) is 23.2 Å². The smallest absolute Gasteiger partial charge is 0.225 e. The van der Waals surface area contributed by atoms with E-state index in [-0.39, 0.29) is 5.92 Å². The molecule has 1 aliphatic carbocycles. The summed E-state index contributed by atoms with van der Waals surface area (Å²) in [7, 11) is 0. The number of carbonyl (C=O) groups is 1. The van der Waals surface area contributed by atoms with Gasteiger partial charge in [-0.3, -0.25) is 4.79 Å². The molecule has 3 fully saturated rings. The average Bonchev–Trinajstić information content (AvgIpc) is 3.30.